The van der Waals surface area contributed by atoms with E-state index < -0.39 is 0 Å². The lowest BCUT2D eigenvalue weighted by atomic mass is 10.1. The van der Waals surface area contributed by atoms with Crippen LogP contribution in [-0.2, 0) is 5.54 Å². The van der Waals surface area contributed by atoms with E-state index in [0.717, 1.165) is 41.3 Å². The molecule has 1 saturated carbocycles. The normalized spacial score (nSPS) is 15.6. The summed E-state index contributed by atoms with van der Waals surface area (Å²) in [5, 5.41) is 10.7. The molecule has 7 heteroatoms. The van der Waals surface area contributed by atoms with Crippen LogP contribution >= 0.6 is 0 Å². The molecule has 21 heavy (non-hydrogen) atoms. The van der Waals surface area contributed by atoms with Crippen molar-refractivity contribution in [2.45, 2.75) is 18.4 Å². The number of nitrogens with zero attached hydrogens (tertiary/aromatic N) is 3. The molecule has 2 aromatic rings. The maximum atomic E-state index is 6.18. The molecule has 112 valence electrons. The van der Waals surface area contributed by atoms with E-state index in [2.05, 4.69) is 26.1 Å². The van der Waals surface area contributed by atoms with Gasteiger partial charge < -0.3 is 21.8 Å². The van der Waals surface area contributed by atoms with Gasteiger partial charge in [0.15, 0.2) is 11.6 Å². The van der Waals surface area contributed by atoms with Gasteiger partial charge in [-0.15, -0.1) is 5.10 Å². The third-order valence-electron chi connectivity index (χ3n) is 3.92. The Bertz CT molecular complexity index is 640. The van der Waals surface area contributed by atoms with Crippen LogP contribution in [0.15, 0.2) is 18.3 Å². The van der Waals surface area contributed by atoms with Gasteiger partial charge in [-0.25, -0.2) is 0 Å². The number of hydrogen-bond donors (Lipinski definition) is 4. The molecule has 0 unspecified atom stereocenters. The zero-order chi connectivity index (χ0) is 15.0. The topological polar surface area (TPSA) is 92.8 Å². The first kappa shape index (κ1) is 13.7. The summed E-state index contributed by atoms with van der Waals surface area (Å²) in [6.45, 7) is 0. The molecule has 1 aliphatic rings. The van der Waals surface area contributed by atoms with Crippen molar-refractivity contribution in [1.29, 1.82) is 0 Å². The van der Waals surface area contributed by atoms with Gasteiger partial charge >= 0.3 is 0 Å². The van der Waals surface area contributed by atoms with Gasteiger partial charge in [0, 0.05) is 32.9 Å². The van der Waals surface area contributed by atoms with Crippen LogP contribution in [0.25, 0.3) is 11.1 Å². The average Bonchev–Trinajstić information content (AvgIpc) is 3.16. The fourth-order valence-electron chi connectivity index (χ4n) is 2.49. The highest BCUT2D eigenvalue weighted by atomic mass is 15.6. The molecule has 1 fully saturated rings. The molecular formula is C14H21N7. The van der Waals surface area contributed by atoms with Crippen LogP contribution in [0.3, 0.4) is 0 Å². The molecule has 7 nitrogen and oxygen atoms in total. The second-order valence-electron chi connectivity index (χ2n) is 5.30. The first-order chi connectivity index (χ1) is 10.1. The van der Waals surface area contributed by atoms with E-state index in [1.54, 1.807) is 4.79 Å². The Kier molecular flexibility index (Phi) is 3.21. The summed E-state index contributed by atoms with van der Waals surface area (Å²) in [5.74, 6) is 1.67. The molecule has 2 aromatic heterocycles. The summed E-state index contributed by atoms with van der Waals surface area (Å²) in [4.78, 5) is 6.23. The van der Waals surface area contributed by atoms with Crippen molar-refractivity contribution in [2.24, 2.45) is 5.73 Å². The maximum Gasteiger partial charge on any atom is 0.160 e. The Morgan fingerprint density at radius 2 is 1.95 bits per heavy atom. The lowest BCUT2D eigenvalue weighted by molar-refractivity contribution is 0.708. The highest BCUT2D eigenvalue weighted by molar-refractivity contribution is 5.85. The third-order valence-corrected chi connectivity index (χ3v) is 3.92. The first-order valence-corrected chi connectivity index (χ1v) is 7.05. The van der Waals surface area contributed by atoms with Crippen LogP contribution in [0.2, 0.25) is 0 Å². The summed E-state index contributed by atoms with van der Waals surface area (Å²) in [5.41, 5.74) is 11.9. The van der Waals surface area contributed by atoms with Gasteiger partial charge in [-0.3, -0.25) is 4.98 Å². The minimum atomic E-state index is -0.203. The average molecular weight is 287 g/mol. The molecule has 1 aliphatic carbocycles. The smallest absolute Gasteiger partial charge is 0.160 e. The molecule has 5 N–H and O–H groups in total. The Balaban J connectivity index is 2.04. The van der Waals surface area contributed by atoms with Crippen LogP contribution in [0.1, 0.15) is 18.5 Å². The Hall–Kier alpha value is -2.28. The minimum absolute atomic E-state index is 0.203. The van der Waals surface area contributed by atoms with E-state index in [4.69, 9.17) is 5.73 Å². The number of rotatable bonds is 5. The predicted octanol–water partition coefficient (Wildman–Crippen LogP) is 1.15. The van der Waals surface area contributed by atoms with Crippen LogP contribution in [0, 0.1) is 0 Å². The second-order valence-corrected chi connectivity index (χ2v) is 5.30. The SMILES string of the molecule is CNc1nn(NC)c(NC)c1-c1ccc(C2(N)CC2)nc1. The minimum Gasteiger partial charge on any atom is -0.371 e. The monoisotopic (exact) mass is 287 g/mol. The van der Waals surface area contributed by atoms with E-state index in [1.807, 2.05) is 39.5 Å². The van der Waals surface area contributed by atoms with Crippen molar-refractivity contribution in [2.75, 3.05) is 37.2 Å². The molecule has 0 amide bonds. The number of pyridine rings is 1. The molecular weight excluding hydrogens is 266 g/mol. The quantitative estimate of drug-likeness (QED) is 0.659. The highest BCUT2D eigenvalue weighted by Gasteiger charge is 2.41. The lowest BCUT2D eigenvalue weighted by Gasteiger charge is -2.10. The van der Waals surface area contributed by atoms with Crippen molar-refractivity contribution in [1.82, 2.24) is 14.9 Å². The van der Waals surface area contributed by atoms with E-state index in [1.165, 1.54) is 0 Å². The van der Waals surface area contributed by atoms with Crippen molar-refractivity contribution < 1.29 is 0 Å². The molecule has 0 spiro atoms. The molecule has 0 aliphatic heterocycles. The van der Waals surface area contributed by atoms with Crippen LogP contribution in [-0.4, -0.2) is 36.0 Å². The van der Waals surface area contributed by atoms with Gasteiger partial charge in [-0.2, -0.15) is 4.79 Å². The van der Waals surface area contributed by atoms with Gasteiger partial charge in [0.2, 0.25) is 0 Å². The summed E-state index contributed by atoms with van der Waals surface area (Å²) >= 11 is 0. The molecule has 0 radical (unpaired) electrons. The molecule has 0 atom stereocenters. The molecule has 2 heterocycles. The summed E-state index contributed by atoms with van der Waals surface area (Å²) in [6.07, 6.45) is 3.89. The van der Waals surface area contributed by atoms with Gasteiger partial charge in [0.1, 0.15) is 0 Å². The van der Waals surface area contributed by atoms with Crippen LogP contribution in [0.5, 0.6) is 0 Å². The fraction of sp³-hybridized carbons (Fsp3) is 0.429. The van der Waals surface area contributed by atoms with Crippen molar-refractivity contribution in [3.63, 3.8) is 0 Å². The Morgan fingerprint density at radius 3 is 2.43 bits per heavy atom. The molecule has 3 rings (SSSR count). The Labute approximate surface area is 123 Å². The van der Waals surface area contributed by atoms with Gasteiger partial charge in [-0.1, -0.05) is 6.07 Å². The summed E-state index contributed by atoms with van der Waals surface area (Å²) < 4.78 is 0. The predicted molar refractivity (Wildman–Crippen MR) is 84.9 cm³/mol. The Morgan fingerprint density at radius 1 is 1.19 bits per heavy atom. The number of hydrogen-bond acceptors (Lipinski definition) is 6. The van der Waals surface area contributed by atoms with Gasteiger partial charge in [0.25, 0.3) is 0 Å². The number of aromatic nitrogens is 3. The van der Waals surface area contributed by atoms with Crippen LogP contribution in [0.4, 0.5) is 11.6 Å². The van der Waals surface area contributed by atoms with E-state index in [0.29, 0.717) is 0 Å². The summed E-state index contributed by atoms with van der Waals surface area (Å²) in [7, 11) is 5.55. The number of nitrogens with two attached hydrogens (primary N) is 1. The molecule has 0 saturated heterocycles. The number of nitrogens with one attached hydrogen (secondary N) is 3. The second kappa shape index (κ2) is 4.92. The van der Waals surface area contributed by atoms with E-state index in [9.17, 15) is 0 Å². The third kappa shape index (κ3) is 2.19. The lowest BCUT2D eigenvalue weighted by Crippen LogP contribution is -2.20. The first-order valence-electron chi connectivity index (χ1n) is 7.05. The maximum absolute atomic E-state index is 6.18. The van der Waals surface area contributed by atoms with E-state index >= 15 is 0 Å². The van der Waals surface area contributed by atoms with Crippen molar-refractivity contribution in [3.05, 3.63) is 24.0 Å². The van der Waals surface area contributed by atoms with Gasteiger partial charge in [-0.05, 0) is 18.9 Å². The van der Waals surface area contributed by atoms with Gasteiger partial charge in [0.05, 0.1) is 16.8 Å². The summed E-state index contributed by atoms with van der Waals surface area (Å²) in [6, 6.07) is 4.06. The molecule has 0 aromatic carbocycles. The largest absolute Gasteiger partial charge is 0.371 e. The fourth-order valence-corrected chi connectivity index (χ4v) is 2.49. The van der Waals surface area contributed by atoms with Crippen molar-refractivity contribution in [3.8, 4) is 11.1 Å². The molecule has 0 bridgehead atoms. The van der Waals surface area contributed by atoms with Crippen LogP contribution < -0.4 is 21.8 Å². The number of anilines is 2. The van der Waals surface area contributed by atoms with Crippen molar-refractivity contribution >= 4 is 11.6 Å². The zero-order valence-corrected chi connectivity index (χ0v) is 12.6. The van der Waals surface area contributed by atoms with E-state index in [-0.39, 0.29) is 5.54 Å². The highest BCUT2D eigenvalue weighted by Crippen LogP contribution is 2.42. The standard InChI is InChI=1S/C14H21N7/c1-16-12-11(13(17-2)21(18-3)20-12)9-4-5-10(19-8-9)14(15)6-7-14/h4-5,8,17-18H,6-7,15H2,1-3H3,(H,16,20). The zero-order valence-electron chi connectivity index (χ0n) is 12.6.